The van der Waals surface area contributed by atoms with E-state index in [1.807, 2.05) is 0 Å². The third kappa shape index (κ3) is 2.98. The number of aryl methyl sites for hydroxylation is 1. The molecule has 0 bridgehead atoms. The van der Waals surface area contributed by atoms with Crippen LogP contribution in [0.4, 0.5) is 13.2 Å². The van der Waals surface area contributed by atoms with Gasteiger partial charge in [0.25, 0.3) is 0 Å². The molecule has 0 aliphatic heterocycles. The van der Waals surface area contributed by atoms with Crippen molar-refractivity contribution in [2.75, 3.05) is 0 Å². The summed E-state index contributed by atoms with van der Waals surface area (Å²) in [7, 11) is 0. The number of nitrogens with zero attached hydrogens (tertiary/aromatic N) is 1. The van der Waals surface area contributed by atoms with Gasteiger partial charge in [0, 0.05) is 6.07 Å². The van der Waals surface area contributed by atoms with E-state index in [1.165, 1.54) is 6.92 Å². The predicted molar refractivity (Wildman–Crippen MR) is 43.2 cm³/mol. The highest BCUT2D eigenvalue weighted by molar-refractivity contribution is 5.38. The molecule has 0 atom stereocenters. The Labute approximate surface area is 82.9 Å². The molecule has 1 aromatic heterocycles. The minimum absolute atomic E-state index is 0.147. The first-order valence-electron chi connectivity index (χ1n) is 3.89. The van der Waals surface area contributed by atoms with Crippen LogP contribution in [0.3, 0.4) is 0 Å². The Bertz CT molecular complexity index is 365. The molecular formula is C8H8F3NO3. The fourth-order valence-corrected chi connectivity index (χ4v) is 0.981. The molecule has 0 aliphatic rings. The Kier molecular flexibility index (Phi) is 3.04. The lowest BCUT2D eigenvalue weighted by Crippen LogP contribution is -2.18. The van der Waals surface area contributed by atoms with Crippen molar-refractivity contribution in [3.63, 3.8) is 0 Å². The number of rotatable bonds is 2. The molecular weight excluding hydrogens is 215 g/mol. The number of halogens is 3. The summed E-state index contributed by atoms with van der Waals surface area (Å²) in [6, 6.07) is 0.933. The largest absolute Gasteiger partial charge is 0.574 e. The topological polar surface area (TPSA) is 62.6 Å². The van der Waals surface area contributed by atoms with Crippen molar-refractivity contribution in [1.82, 2.24) is 4.98 Å². The summed E-state index contributed by atoms with van der Waals surface area (Å²) in [5.74, 6) is -1.05. The quantitative estimate of drug-likeness (QED) is 0.797. The zero-order valence-electron chi connectivity index (χ0n) is 7.67. The number of pyridine rings is 1. The molecule has 1 aromatic rings. The second kappa shape index (κ2) is 3.93. The monoisotopic (exact) mass is 223 g/mol. The van der Waals surface area contributed by atoms with Crippen LogP contribution in [0, 0.1) is 6.92 Å². The molecule has 0 fully saturated rings. The van der Waals surface area contributed by atoms with Crippen molar-refractivity contribution in [2.45, 2.75) is 19.9 Å². The number of aromatic nitrogens is 1. The summed E-state index contributed by atoms with van der Waals surface area (Å²) in [5, 5.41) is 18.0. The second-order valence-electron chi connectivity index (χ2n) is 2.78. The van der Waals surface area contributed by atoms with Crippen molar-refractivity contribution in [1.29, 1.82) is 0 Å². The van der Waals surface area contributed by atoms with Gasteiger partial charge in [0.15, 0.2) is 0 Å². The fourth-order valence-electron chi connectivity index (χ4n) is 0.981. The molecule has 0 spiro atoms. The fraction of sp³-hybridized carbons (Fsp3) is 0.375. The smallest absolute Gasteiger partial charge is 0.506 e. The molecule has 0 aliphatic carbocycles. The van der Waals surface area contributed by atoms with Gasteiger partial charge in [-0.2, -0.15) is 0 Å². The van der Waals surface area contributed by atoms with Crippen LogP contribution in [-0.4, -0.2) is 21.6 Å². The third-order valence-corrected chi connectivity index (χ3v) is 1.60. The van der Waals surface area contributed by atoms with Gasteiger partial charge in [-0.1, -0.05) is 0 Å². The van der Waals surface area contributed by atoms with E-state index in [2.05, 4.69) is 9.72 Å². The zero-order chi connectivity index (χ0) is 11.6. The summed E-state index contributed by atoms with van der Waals surface area (Å²) in [4.78, 5) is 3.29. The van der Waals surface area contributed by atoms with Crippen molar-refractivity contribution >= 4 is 0 Å². The van der Waals surface area contributed by atoms with Gasteiger partial charge in [0.05, 0.1) is 6.61 Å². The number of aliphatic hydroxyl groups excluding tert-OH is 1. The van der Waals surface area contributed by atoms with E-state index >= 15 is 0 Å². The Hall–Kier alpha value is -1.50. The molecule has 4 nitrogen and oxygen atoms in total. The maximum Gasteiger partial charge on any atom is 0.574 e. The number of aliphatic hydroxyl groups is 1. The molecule has 0 saturated carbocycles. The lowest BCUT2D eigenvalue weighted by Gasteiger charge is -2.10. The van der Waals surface area contributed by atoms with Crippen LogP contribution in [0.25, 0.3) is 0 Å². The van der Waals surface area contributed by atoms with E-state index in [1.54, 1.807) is 0 Å². The lowest BCUT2D eigenvalue weighted by molar-refractivity contribution is -0.276. The third-order valence-electron chi connectivity index (χ3n) is 1.60. The van der Waals surface area contributed by atoms with Crippen molar-refractivity contribution < 1.29 is 28.1 Å². The van der Waals surface area contributed by atoms with Gasteiger partial charge in [-0.05, 0) is 12.5 Å². The molecule has 1 heterocycles. The Morgan fingerprint density at radius 1 is 1.47 bits per heavy atom. The van der Waals surface area contributed by atoms with Crippen LogP contribution in [0.1, 0.15) is 11.3 Å². The molecule has 84 valence electrons. The van der Waals surface area contributed by atoms with Crippen LogP contribution in [0.2, 0.25) is 0 Å². The first-order chi connectivity index (χ1) is 6.83. The summed E-state index contributed by atoms with van der Waals surface area (Å²) >= 11 is 0. The van der Waals surface area contributed by atoms with E-state index < -0.39 is 18.8 Å². The number of alkyl halides is 3. The Balaban J connectivity index is 3.06. The van der Waals surface area contributed by atoms with Gasteiger partial charge >= 0.3 is 6.36 Å². The van der Waals surface area contributed by atoms with Crippen molar-refractivity contribution in [2.24, 2.45) is 0 Å². The van der Waals surface area contributed by atoms with E-state index in [9.17, 15) is 18.3 Å². The van der Waals surface area contributed by atoms with Crippen LogP contribution in [0.15, 0.2) is 6.07 Å². The number of hydrogen-bond donors (Lipinski definition) is 2. The van der Waals surface area contributed by atoms with Crippen LogP contribution in [-0.2, 0) is 6.61 Å². The highest BCUT2D eigenvalue weighted by Gasteiger charge is 2.32. The number of aromatic hydroxyl groups is 1. The molecule has 0 aromatic carbocycles. The minimum Gasteiger partial charge on any atom is -0.506 e. The highest BCUT2D eigenvalue weighted by atomic mass is 19.4. The van der Waals surface area contributed by atoms with Gasteiger partial charge in [0.1, 0.15) is 11.4 Å². The van der Waals surface area contributed by atoms with Crippen molar-refractivity contribution in [3.05, 3.63) is 17.3 Å². The maximum atomic E-state index is 11.8. The van der Waals surface area contributed by atoms with E-state index in [0.29, 0.717) is 0 Å². The summed E-state index contributed by atoms with van der Waals surface area (Å²) < 4.78 is 39.0. The van der Waals surface area contributed by atoms with E-state index in [0.717, 1.165) is 6.07 Å². The molecule has 0 radical (unpaired) electrons. The van der Waals surface area contributed by atoms with Crippen LogP contribution in [0.5, 0.6) is 11.6 Å². The van der Waals surface area contributed by atoms with Gasteiger partial charge in [-0.15, -0.1) is 13.2 Å². The first kappa shape index (κ1) is 11.6. The normalized spacial score (nSPS) is 11.5. The Morgan fingerprint density at radius 3 is 2.53 bits per heavy atom. The molecule has 7 heteroatoms. The van der Waals surface area contributed by atoms with E-state index in [-0.39, 0.29) is 17.0 Å². The highest BCUT2D eigenvalue weighted by Crippen LogP contribution is 2.27. The zero-order valence-corrected chi connectivity index (χ0v) is 7.67. The number of ether oxygens (including phenoxy) is 1. The molecule has 15 heavy (non-hydrogen) atoms. The summed E-state index contributed by atoms with van der Waals surface area (Å²) in [5.41, 5.74) is -0.109. The van der Waals surface area contributed by atoms with E-state index in [4.69, 9.17) is 5.11 Å². The molecule has 1 rings (SSSR count). The average molecular weight is 223 g/mol. The standard InChI is InChI=1S/C8H8F3NO3/c1-4-2-6(15-8(9,10)11)12-5(3-13)7(4)14/h2,13-14H,3H2,1H3. The molecule has 0 unspecified atom stereocenters. The summed E-state index contributed by atoms with van der Waals surface area (Å²) in [6.07, 6.45) is -4.84. The van der Waals surface area contributed by atoms with Gasteiger partial charge in [-0.3, -0.25) is 0 Å². The Morgan fingerprint density at radius 2 is 2.07 bits per heavy atom. The molecule has 0 saturated heterocycles. The second-order valence-corrected chi connectivity index (χ2v) is 2.78. The van der Waals surface area contributed by atoms with Crippen LogP contribution >= 0.6 is 0 Å². The van der Waals surface area contributed by atoms with Crippen molar-refractivity contribution in [3.8, 4) is 11.6 Å². The average Bonchev–Trinajstić information content (AvgIpc) is 2.08. The van der Waals surface area contributed by atoms with Gasteiger partial charge < -0.3 is 14.9 Å². The summed E-state index contributed by atoms with van der Waals surface area (Å²) in [6.45, 7) is 0.709. The first-order valence-corrected chi connectivity index (χ1v) is 3.89. The molecule has 2 N–H and O–H groups in total. The predicted octanol–water partition coefficient (Wildman–Crippen LogP) is 1.49. The van der Waals surface area contributed by atoms with Gasteiger partial charge in [-0.25, -0.2) is 4.98 Å². The van der Waals surface area contributed by atoms with Gasteiger partial charge in [0.2, 0.25) is 5.88 Å². The SMILES string of the molecule is Cc1cc(OC(F)(F)F)nc(CO)c1O. The lowest BCUT2D eigenvalue weighted by atomic mass is 10.2. The van der Waals surface area contributed by atoms with Crippen LogP contribution < -0.4 is 4.74 Å². The number of hydrogen-bond acceptors (Lipinski definition) is 4. The maximum absolute atomic E-state index is 11.8. The minimum atomic E-state index is -4.84. The molecule has 0 amide bonds.